The summed E-state index contributed by atoms with van der Waals surface area (Å²) in [6.45, 7) is 9.21. The van der Waals surface area contributed by atoms with Crippen molar-refractivity contribution in [3.63, 3.8) is 0 Å². The van der Waals surface area contributed by atoms with Crippen LogP contribution < -0.4 is 0 Å². The Balaban J connectivity index is 2.16. The summed E-state index contributed by atoms with van der Waals surface area (Å²) in [4.78, 5) is 37.1. The molecule has 0 bridgehead atoms. The van der Waals surface area contributed by atoms with Gasteiger partial charge in [0.1, 0.15) is 5.78 Å². The number of carbonyl (C=O) groups excluding carboxylic acids is 3. The second-order valence-corrected chi connectivity index (χ2v) is 8.79. The van der Waals surface area contributed by atoms with Crippen molar-refractivity contribution in [2.45, 2.75) is 79.2 Å². The number of Topliss-reactive ketones (excluding diaryl/α,β-unsaturated/α-hetero) is 2. The Morgan fingerprint density at radius 1 is 1.26 bits per heavy atom. The predicted octanol–water partition coefficient (Wildman–Crippen LogP) is 4.52. The topological polar surface area (TPSA) is 73.6 Å². The van der Waals surface area contributed by atoms with Crippen molar-refractivity contribution < 1.29 is 23.5 Å². The molecule has 5 nitrogen and oxygen atoms in total. The normalized spacial score (nSPS) is 25.6. The molecule has 5 heteroatoms. The average molecular weight is 376 g/mol. The Morgan fingerprint density at radius 3 is 2.56 bits per heavy atom. The lowest BCUT2D eigenvalue weighted by Crippen LogP contribution is -2.48. The first kappa shape index (κ1) is 21.4. The Kier molecular flexibility index (Phi) is 6.66. The van der Waals surface area contributed by atoms with Crippen LogP contribution in [0.4, 0.5) is 0 Å². The number of rotatable bonds is 8. The van der Waals surface area contributed by atoms with Gasteiger partial charge in [-0.2, -0.15) is 0 Å². The zero-order chi connectivity index (χ0) is 20.2. The first-order chi connectivity index (χ1) is 12.6. The lowest BCUT2D eigenvalue weighted by molar-refractivity contribution is -0.154. The highest BCUT2D eigenvalue weighted by molar-refractivity contribution is 5.88. The van der Waals surface area contributed by atoms with E-state index in [-0.39, 0.29) is 29.3 Å². The molecule has 0 unspecified atom stereocenters. The number of ether oxygens (including phenoxy) is 1. The first-order valence-electron chi connectivity index (χ1n) is 9.80. The molecule has 1 fully saturated rings. The van der Waals surface area contributed by atoms with Crippen LogP contribution in [0.5, 0.6) is 0 Å². The van der Waals surface area contributed by atoms with E-state index in [9.17, 15) is 14.4 Å². The fourth-order valence-corrected chi connectivity index (χ4v) is 4.62. The molecule has 1 aromatic rings. The van der Waals surface area contributed by atoms with Crippen molar-refractivity contribution in [2.24, 2.45) is 16.7 Å². The molecule has 0 aliphatic heterocycles. The van der Waals surface area contributed by atoms with E-state index in [1.54, 1.807) is 19.5 Å². The summed E-state index contributed by atoms with van der Waals surface area (Å²) in [6.07, 6.45) is 6.61. The summed E-state index contributed by atoms with van der Waals surface area (Å²) < 4.78 is 10.1. The average Bonchev–Trinajstić information content (AvgIpc) is 3.08. The van der Waals surface area contributed by atoms with E-state index in [2.05, 4.69) is 13.8 Å². The quantitative estimate of drug-likeness (QED) is 0.624. The summed E-state index contributed by atoms with van der Waals surface area (Å²) in [5.41, 5.74) is 0.346. The summed E-state index contributed by atoms with van der Waals surface area (Å²) in [6, 6.07) is 1.88. The van der Waals surface area contributed by atoms with Crippen LogP contribution in [0.2, 0.25) is 0 Å². The van der Waals surface area contributed by atoms with Crippen LogP contribution in [-0.2, 0) is 25.5 Å². The molecule has 27 heavy (non-hydrogen) atoms. The largest absolute Gasteiger partial charge is 0.472 e. The van der Waals surface area contributed by atoms with Gasteiger partial charge in [0.2, 0.25) is 0 Å². The molecule has 150 valence electrons. The first-order valence-corrected chi connectivity index (χ1v) is 9.80. The van der Waals surface area contributed by atoms with Crippen LogP contribution in [0.15, 0.2) is 23.0 Å². The van der Waals surface area contributed by atoms with Crippen LogP contribution in [0.1, 0.15) is 72.3 Å². The molecule has 0 spiro atoms. The Labute approximate surface area is 161 Å². The summed E-state index contributed by atoms with van der Waals surface area (Å²) >= 11 is 0. The number of esters is 1. The monoisotopic (exact) mass is 376 g/mol. The van der Waals surface area contributed by atoms with Gasteiger partial charge in [0.15, 0.2) is 11.9 Å². The zero-order valence-corrected chi connectivity index (χ0v) is 17.2. The van der Waals surface area contributed by atoms with E-state index in [1.165, 1.54) is 6.92 Å². The molecule has 2 rings (SSSR count). The number of furan rings is 1. The van der Waals surface area contributed by atoms with E-state index in [0.29, 0.717) is 12.8 Å². The van der Waals surface area contributed by atoms with Gasteiger partial charge in [-0.05, 0) is 49.1 Å². The van der Waals surface area contributed by atoms with Crippen molar-refractivity contribution in [2.75, 3.05) is 0 Å². The molecule has 1 aromatic heterocycles. The van der Waals surface area contributed by atoms with E-state index in [1.807, 2.05) is 13.0 Å². The number of carbonyl (C=O) groups is 3. The minimum absolute atomic E-state index is 0.0684. The minimum Gasteiger partial charge on any atom is -0.472 e. The molecule has 0 aromatic carbocycles. The lowest BCUT2D eigenvalue weighted by atomic mass is 9.53. The molecule has 1 saturated carbocycles. The second kappa shape index (κ2) is 8.41. The molecule has 1 aliphatic carbocycles. The van der Waals surface area contributed by atoms with Gasteiger partial charge in [0.25, 0.3) is 0 Å². The number of ketones is 2. The standard InChI is InChI=1S/C22H32O5/c1-15(27-16(2)23)18(24)13-19-21(3,4)10-6-11-22(19,5)20(25)8-7-17-9-12-26-14-17/h9,12,14-15,19H,6-8,10-11,13H2,1-5H3/t15-,19+,22+/m1/s1. The third kappa shape index (κ3) is 5.08. The Hall–Kier alpha value is -1.91. The maximum atomic E-state index is 13.2. The minimum atomic E-state index is -0.773. The Bertz CT molecular complexity index is 673. The fraction of sp³-hybridized carbons (Fsp3) is 0.682. The summed E-state index contributed by atoms with van der Waals surface area (Å²) in [5.74, 6) is -0.438. The van der Waals surface area contributed by atoms with Gasteiger partial charge in [0, 0.05) is 25.2 Å². The van der Waals surface area contributed by atoms with Crippen LogP contribution in [0, 0.1) is 16.7 Å². The van der Waals surface area contributed by atoms with Crippen molar-refractivity contribution in [1.82, 2.24) is 0 Å². The van der Waals surface area contributed by atoms with Crippen LogP contribution >= 0.6 is 0 Å². The molecular formula is C22H32O5. The third-order valence-electron chi connectivity index (χ3n) is 6.29. The molecule has 1 heterocycles. The van der Waals surface area contributed by atoms with E-state index < -0.39 is 17.5 Å². The maximum absolute atomic E-state index is 13.2. The van der Waals surface area contributed by atoms with Crippen LogP contribution in [0.25, 0.3) is 0 Å². The van der Waals surface area contributed by atoms with Gasteiger partial charge >= 0.3 is 5.97 Å². The Morgan fingerprint density at radius 2 is 1.96 bits per heavy atom. The van der Waals surface area contributed by atoms with Crippen molar-refractivity contribution in [3.05, 3.63) is 24.2 Å². The lowest BCUT2D eigenvalue weighted by Gasteiger charge is -2.50. The number of hydrogen-bond donors (Lipinski definition) is 0. The van der Waals surface area contributed by atoms with Crippen molar-refractivity contribution in [1.29, 1.82) is 0 Å². The fourth-order valence-electron chi connectivity index (χ4n) is 4.62. The third-order valence-corrected chi connectivity index (χ3v) is 6.29. The number of aryl methyl sites for hydroxylation is 1. The van der Waals surface area contributed by atoms with Crippen LogP contribution in [0.3, 0.4) is 0 Å². The second-order valence-electron chi connectivity index (χ2n) is 8.79. The van der Waals surface area contributed by atoms with Crippen LogP contribution in [-0.4, -0.2) is 23.6 Å². The molecule has 3 atom stereocenters. The molecule has 0 N–H and O–H groups in total. The van der Waals surface area contributed by atoms with Gasteiger partial charge in [-0.1, -0.05) is 27.2 Å². The predicted molar refractivity (Wildman–Crippen MR) is 102 cm³/mol. The highest BCUT2D eigenvalue weighted by Gasteiger charge is 2.51. The van der Waals surface area contributed by atoms with E-state index >= 15 is 0 Å². The zero-order valence-electron chi connectivity index (χ0n) is 17.2. The highest BCUT2D eigenvalue weighted by Crippen LogP contribution is 2.53. The van der Waals surface area contributed by atoms with E-state index in [0.717, 1.165) is 24.8 Å². The molecule has 1 aliphatic rings. The smallest absolute Gasteiger partial charge is 0.303 e. The van der Waals surface area contributed by atoms with Gasteiger partial charge in [-0.3, -0.25) is 14.4 Å². The van der Waals surface area contributed by atoms with Crippen molar-refractivity contribution in [3.8, 4) is 0 Å². The maximum Gasteiger partial charge on any atom is 0.303 e. The molecule has 0 radical (unpaired) electrons. The van der Waals surface area contributed by atoms with Gasteiger partial charge in [-0.25, -0.2) is 0 Å². The molecule has 0 amide bonds. The SMILES string of the molecule is CC(=O)O[C@H](C)C(=O)C[C@H]1C(C)(C)CCC[C@]1(C)C(=O)CCc1ccoc1. The highest BCUT2D eigenvalue weighted by atomic mass is 16.5. The van der Waals surface area contributed by atoms with Gasteiger partial charge < -0.3 is 9.15 Å². The van der Waals surface area contributed by atoms with Gasteiger partial charge in [0.05, 0.1) is 12.5 Å². The molecular weight excluding hydrogens is 344 g/mol. The summed E-state index contributed by atoms with van der Waals surface area (Å²) in [7, 11) is 0. The number of hydrogen-bond acceptors (Lipinski definition) is 5. The van der Waals surface area contributed by atoms with Gasteiger partial charge in [-0.15, -0.1) is 0 Å². The van der Waals surface area contributed by atoms with E-state index in [4.69, 9.17) is 9.15 Å². The summed E-state index contributed by atoms with van der Waals surface area (Å²) in [5, 5.41) is 0. The van der Waals surface area contributed by atoms with Crippen molar-refractivity contribution >= 4 is 17.5 Å². The molecule has 0 saturated heterocycles.